The van der Waals surface area contributed by atoms with Crippen molar-refractivity contribution in [3.05, 3.63) is 68.1 Å². The zero-order valence-electron chi connectivity index (χ0n) is 14.4. The SMILES string of the molecule is COC(=O)c1cc([N+](=O)[O-])cn(CC(=O)Nc2cccc(C(C)=O)c2)c1=O. The molecule has 1 amide bonds. The Morgan fingerprint density at radius 2 is 1.96 bits per heavy atom. The van der Waals surface area contributed by atoms with Gasteiger partial charge in [-0.05, 0) is 19.1 Å². The molecule has 1 aromatic heterocycles. The number of aromatic nitrogens is 1. The van der Waals surface area contributed by atoms with Crippen molar-refractivity contribution in [2.24, 2.45) is 0 Å². The molecular formula is C17H15N3O7. The van der Waals surface area contributed by atoms with Gasteiger partial charge < -0.3 is 10.1 Å². The predicted molar refractivity (Wildman–Crippen MR) is 93.8 cm³/mol. The molecule has 0 aliphatic heterocycles. The highest BCUT2D eigenvalue weighted by Gasteiger charge is 2.20. The van der Waals surface area contributed by atoms with Crippen LogP contribution in [0.3, 0.4) is 0 Å². The summed E-state index contributed by atoms with van der Waals surface area (Å²) in [4.78, 5) is 57.7. The highest BCUT2D eigenvalue weighted by Crippen LogP contribution is 2.13. The van der Waals surface area contributed by atoms with Gasteiger partial charge in [-0.15, -0.1) is 0 Å². The third-order valence-corrected chi connectivity index (χ3v) is 3.55. The van der Waals surface area contributed by atoms with Crippen LogP contribution in [0.15, 0.2) is 41.3 Å². The normalized spacial score (nSPS) is 10.1. The molecule has 0 bridgehead atoms. The lowest BCUT2D eigenvalue weighted by atomic mass is 10.1. The second-order valence-electron chi connectivity index (χ2n) is 5.48. The first-order valence-corrected chi connectivity index (χ1v) is 7.61. The first-order valence-electron chi connectivity index (χ1n) is 7.61. The number of hydrogen-bond donors (Lipinski definition) is 1. The standard InChI is InChI=1S/C17H15N3O7/c1-10(21)11-4-3-5-12(6-11)18-15(22)9-19-8-13(20(25)26)7-14(16(19)23)17(24)27-2/h3-8H,9H2,1-2H3,(H,18,22). The number of methoxy groups -OCH3 is 1. The Kier molecular flexibility index (Phi) is 5.81. The highest BCUT2D eigenvalue weighted by atomic mass is 16.6. The molecule has 0 radical (unpaired) electrons. The molecule has 10 heteroatoms. The minimum absolute atomic E-state index is 0.191. The van der Waals surface area contributed by atoms with Crippen LogP contribution in [0.1, 0.15) is 27.6 Å². The predicted octanol–water partition coefficient (Wildman–Crippen LogP) is 1.38. The third kappa shape index (κ3) is 4.63. The number of benzene rings is 1. The van der Waals surface area contributed by atoms with Crippen molar-refractivity contribution in [2.75, 3.05) is 12.4 Å². The second kappa shape index (κ2) is 8.04. The average Bonchev–Trinajstić information content (AvgIpc) is 2.62. The molecule has 0 fully saturated rings. The quantitative estimate of drug-likeness (QED) is 0.349. The summed E-state index contributed by atoms with van der Waals surface area (Å²) in [5.41, 5.74) is -1.30. The van der Waals surface area contributed by atoms with Crippen LogP contribution in [-0.2, 0) is 16.1 Å². The van der Waals surface area contributed by atoms with Gasteiger partial charge in [-0.2, -0.15) is 0 Å². The molecule has 0 atom stereocenters. The summed E-state index contributed by atoms with van der Waals surface area (Å²) in [6, 6.07) is 6.93. The minimum Gasteiger partial charge on any atom is -0.465 e. The van der Waals surface area contributed by atoms with Crippen molar-refractivity contribution < 1.29 is 24.0 Å². The number of amides is 1. The van der Waals surface area contributed by atoms with Crippen LogP contribution < -0.4 is 10.9 Å². The monoisotopic (exact) mass is 373 g/mol. The smallest absolute Gasteiger partial charge is 0.343 e. The maximum Gasteiger partial charge on any atom is 0.343 e. The van der Waals surface area contributed by atoms with E-state index in [0.29, 0.717) is 11.3 Å². The first kappa shape index (κ1) is 19.5. The number of ketones is 1. The molecule has 0 saturated carbocycles. The molecule has 0 saturated heterocycles. The van der Waals surface area contributed by atoms with E-state index in [0.717, 1.165) is 23.9 Å². The molecule has 0 aliphatic rings. The molecule has 0 aliphatic carbocycles. The van der Waals surface area contributed by atoms with Gasteiger partial charge in [0.1, 0.15) is 12.1 Å². The van der Waals surface area contributed by atoms with Gasteiger partial charge in [0.25, 0.3) is 11.2 Å². The number of carbonyl (C=O) groups is 3. The Labute approximate surface area is 152 Å². The second-order valence-corrected chi connectivity index (χ2v) is 5.48. The molecule has 1 aromatic carbocycles. The minimum atomic E-state index is -1.05. The van der Waals surface area contributed by atoms with E-state index >= 15 is 0 Å². The molecule has 1 N–H and O–H groups in total. The summed E-state index contributed by atoms with van der Waals surface area (Å²) in [6.07, 6.45) is 0.861. The van der Waals surface area contributed by atoms with Crippen LogP contribution in [0.2, 0.25) is 0 Å². The lowest BCUT2D eigenvalue weighted by Crippen LogP contribution is -2.31. The summed E-state index contributed by atoms with van der Waals surface area (Å²) < 4.78 is 5.18. The first-order chi connectivity index (χ1) is 12.7. The van der Waals surface area contributed by atoms with Crippen LogP contribution in [-0.4, -0.2) is 34.3 Å². The van der Waals surface area contributed by atoms with E-state index in [9.17, 15) is 29.3 Å². The largest absolute Gasteiger partial charge is 0.465 e. The van der Waals surface area contributed by atoms with Gasteiger partial charge in [0.2, 0.25) is 5.91 Å². The number of ether oxygens (including phenoxy) is 1. The van der Waals surface area contributed by atoms with Gasteiger partial charge in [-0.1, -0.05) is 12.1 Å². The van der Waals surface area contributed by atoms with Crippen LogP contribution in [0.25, 0.3) is 0 Å². The number of nitro groups is 1. The van der Waals surface area contributed by atoms with E-state index in [-0.39, 0.29) is 5.78 Å². The molecule has 2 aromatic rings. The number of esters is 1. The average molecular weight is 373 g/mol. The number of carbonyl (C=O) groups excluding carboxylic acids is 3. The highest BCUT2D eigenvalue weighted by molar-refractivity contribution is 5.97. The number of pyridine rings is 1. The fourth-order valence-corrected chi connectivity index (χ4v) is 2.26. The van der Waals surface area contributed by atoms with Crippen molar-refractivity contribution in [2.45, 2.75) is 13.5 Å². The van der Waals surface area contributed by atoms with E-state index in [4.69, 9.17) is 0 Å². The molecule has 1 heterocycles. The summed E-state index contributed by atoms with van der Waals surface area (Å²) in [6.45, 7) is 0.798. The Morgan fingerprint density at radius 1 is 1.26 bits per heavy atom. The number of nitrogens with zero attached hydrogens (tertiary/aromatic N) is 2. The van der Waals surface area contributed by atoms with Crippen molar-refractivity contribution in [3.8, 4) is 0 Å². The van der Waals surface area contributed by atoms with Crippen molar-refractivity contribution in [1.82, 2.24) is 4.57 Å². The Balaban J connectivity index is 2.32. The summed E-state index contributed by atoms with van der Waals surface area (Å²) in [5, 5.41) is 13.5. The van der Waals surface area contributed by atoms with Crippen LogP contribution in [0.4, 0.5) is 11.4 Å². The molecular weight excluding hydrogens is 358 g/mol. The Morgan fingerprint density at radius 3 is 2.56 bits per heavy atom. The Bertz CT molecular complexity index is 994. The number of anilines is 1. The molecule has 0 spiro atoms. The third-order valence-electron chi connectivity index (χ3n) is 3.55. The van der Waals surface area contributed by atoms with Crippen LogP contribution in [0, 0.1) is 10.1 Å². The fourth-order valence-electron chi connectivity index (χ4n) is 2.26. The van der Waals surface area contributed by atoms with E-state index in [2.05, 4.69) is 10.1 Å². The van der Waals surface area contributed by atoms with Gasteiger partial charge in [0.05, 0.1) is 18.2 Å². The van der Waals surface area contributed by atoms with E-state index in [1.807, 2.05) is 0 Å². The molecule has 27 heavy (non-hydrogen) atoms. The molecule has 2 rings (SSSR count). The number of rotatable bonds is 6. The van der Waals surface area contributed by atoms with E-state index in [1.54, 1.807) is 18.2 Å². The lowest BCUT2D eigenvalue weighted by molar-refractivity contribution is -0.385. The fraction of sp³-hybridized carbons (Fsp3) is 0.176. The summed E-state index contributed by atoms with van der Waals surface area (Å²) >= 11 is 0. The molecule has 0 unspecified atom stereocenters. The van der Waals surface area contributed by atoms with E-state index in [1.165, 1.54) is 13.0 Å². The topological polar surface area (TPSA) is 138 Å². The van der Waals surface area contributed by atoms with Gasteiger partial charge in [-0.25, -0.2) is 4.79 Å². The van der Waals surface area contributed by atoms with Gasteiger partial charge in [0.15, 0.2) is 5.78 Å². The molecule has 140 valence electrons. The van der Waals surface area contributed by atoms with Crippen molar-refractivity contribution >= 4 is 29.0 Å². The maximum absolute atomic E-state index is 12.3. The number of Topliss-reactive ketones (excluding diaryl/α,β-unsaturated/α-hetero) is 1. The zero-order chi connectivity index (χ0) is 20.1. The summed E-state index contributed by atoms with van der Waals surface area (Å²) in [5.74, 6) is -1.91. The lowest BCUT2D eigenvalue weighted by Gasteiger charge is -2.09. The molecule has 10 nitrogen and oxygen atoms in total. The zero-order valence-corrected chi connectivity index (χ0v) is 14.4. The van der Waals surface area contributed by atoms with Crippen molar-refractivity contribution in [1.29, 1.82) is 0 Å². The van der Waals surface area contributed by atoms with Gasteiger partial charge >= 0.3 is 5.97 Å². The van der Waals surface area contributed by atoms with E-state index < -0.39 is 40.2 Å². The maximum atomic E-state index is 12.3. The van der Waals surface area contributed by atoms with Crippen LogP contribution in [0.5, 0.6) is 0 Å². The number of hydrogen-bond acceptors (Lipinski definition) is 7. The summed E-state index contributed by atoms with van der Waals surface area (Å²) in [7, 11) is 1.03. The number of nitrogens with one attached hydrogen (secondary N) is 1. The van der Waals surface area contributed by atoms with Crippen LogP contribution >= 0.6 is 0 Å². The van der Waals surface area contributed by atoms with Crippen molar-refractivity contribution in [3.63, 3.8) is 0 Å². The van der Waals surface area contributed by atoms with Gasteiger partial charge in [0, 0.05) is 17.3 Å². The van der Waals surface area contributed by atoms with Gasteiger partial charge in [-0.3, -0.25) is 29.1 Å². The Hall–Kier alpha value is -3.82.